The van der Waals surface area contributed by atoms with Crippen LogP contribution in [-0.4, -0.2) is 38.9 Å². The highest BCUT2D eigenvalue weighted by molar-refractivity contribution is 7.90. The predicted octanol–water partition coefficient (Wildman–Crippen LogP) is 1.48. The summed E-state index contributed by atoms with van der Waals surface area (Å²) in [6, 6.07) is 9.17. The predicted molar refractivity (Wildman–Crippen MR) is 92.0 cm³/mol. The van der Waals surface area contributed by atoms with E-state index in [0.717, 1.165) is 12.7 Å². The molecule has 5 nitrogen and oxygen atoms in total. The Morgan fingerprint density at radius 3 is 2.36 bits per heavy atom. The molecule has 2 unspecified atom stereocenters. The number of rotatable bonds is 8. The normalized spacial score (nSPS) is 13.8. The Labute approximate surface area is 139 Å². The van der Waals surface area contributed by atoms with E-state index >= 15 is 0 Å². The van der Waals surface area contributed by atoms with Gasteiger partial charge in [-0.3, -0.25) is 4.79 Å². The van der Waals surface area contributed by atoms with Crippen molar-refractivity contribution in [3.8, 4) is 0 Å². The summed E-state index contributed by atoms with van der Waals surface area (Å²) in [4.78, 5) is 11.9. The van der Waals surface area contributed by atoms with Crippen molar-refractivity contribution in [1.29, 1.82) is 0 Å². The van der Waals surface area contributed by atoms with Gasteiger partial charge in [0.05, 0.1) is 11.8 Å². The van der Waals surface area contributed by atoms with Gasteiger partial charge in [0.1, 0.15) is 9.84 Å². The van der Waals surface area contributed by atoms with Gasteiger partial charge in [-0.1, -0.05) is 37.3 Å². The summed E-state index contributed by atoms with van der Waals surface area (Å²) in [5.41, 5.74) is 6.89. The van der Waals surface area contributed by atoms with E-state index in [1.54, 1.807) is 0 Å². The molecule has 0 aliphatic carbocycles. The van der Waals surface area contributed by atoms with Crippen LogP contribution in [0, 0.1) is 0 Å². The van der Waals surface area contributed by atoms with Gasteiger partial charge >= 0.3 is 0 Å². The number of sulfone groups is 1. The lowest BCUT2D eigenvalue weighted by atomic mass is 9.96. The smallest absolute Gasteiger partial charge is 0.236 e. The Kier molecular flexibility index (Phi) is 9.32. The molecule has 0 aromatic heterocycles. The molecule has 0 fully saturated rings. The molecule has 0 saturated heterocycles. The molecule has 22 heavy (non-hydrogen) atoms. The van der Waals surface area contributed by atoms with Crippen LogP contribution in [0.1, 0.15) is 31.2 Å². The Balaban J connectivity index is 0.00000441. The Hall–Kier alpha value is -1.11. The summed E-state index contributed by atoms with van der Waals surface area (Å²) >= 11 is 0. The summed E-state index contributed by atoms with van der Waals surface area (Å²) in [7, 11) is -3.09. The van der Waals surface area contributed by atoms with Gasteiger partial charge in [-0.25, -0.2) is 8.42 Å². The summed E-state index contributed by atoms with van der Waals surface area (Å²) in [5.74, 6) is -0.136. The summed E-state index contributed by atoms with van der Waals surface area (Å²) in [5, 5.41) is 2.81. The van der Waals surface area contributed by atoms with E-state index in [2.05, 4.69) is 12.2 Å². The standard InChI is InChI=1S/C15H24N2O3S.ClH/c1-3-12(13-7-5-4-6-8-13)11-17-15(18)14(16)9-10-21(2,19)20;/h4-8,12,14H,3,9-11,16H2,1-2H3,(H,17,18);1H. The monoisotopic (exact) mass is 348 g/mol. The van der Waals surface area contributed by atoms with E-state index in [9.17, 15) is 13.2 Å². The highest BCUT2D eigenvalue weighted by Crippen LogP contribution is 2.17. The zero-order chi connectivity index (χ0) is 15.9. The minimum atomic E-state index is -3.09. The fourth-order valence-corrected chi connectivity index (χ4v) is 2.73. The molecule has 1 aromatic carbocycles. The summed E-state index contributed by atoms with van der Waals surface area (Å²) < 4.78 is 22.1. The largest absolute Gasteiger partial charge is 0.354 e. The van der Waals surface area contributed by atoms with Gasteiger partial charge in [0, 0.05) is 18.7 Å². The fraction of sp³-hybridized carbons (Fsp3) is 0.533. The highest BCUT2D eigenvalue weighted by atomic mass is 35.5. The molecule has 1 aromatic rings. The third-order valence-corrected chi connectivity index (χ3v) is 4.40. The number of hydrogen-bond donors (Lipinski definition) is 2. The quantitative estimate of drug-likeness (QED) is 0.744. The molecule has 0 saturated carbocycles. The van der Waals surface area contributed by atoms with Crippen LogP contribution in [0.2, 0.25) is 0 Å². The van der Waals surface area contributed by atoms with Crippen molar-refractivity contribution in [1.82, 2.24) is 5.32 Å². The maximum atomic E-state index is 11.9. The third-order valence-electron chi connectivity index (χ3n) is 3.42. The lowest BCUT2D eigenvalue weighted by Gasteiger charge is -2.18. The molecule has 0 radical (unpaired) electrons. The molecule has 0 heterocycles. The van der Waals surface area contributed by atoms with E-state index in [1.165, 1.54) is 5.56 Å². The maximum Gasteiger partial charge on any atom is 0.236 e. The van der Waals surface area contributed by atoms with Crippen LogP contribution in [0.25, 0.3) is 0 Å². The number of amides is 1. The van der Waals surface area contributed by atoms with Gasteiger partial charge in [0.25, 0.3) is 0 Å². The molecule has 126 valence electrons. The van der Waals surface area contributed by atoms with E-state index < -0.39 is 15.9 Å². The van der Waals surface area contributed by atoms with Crippen molar-refractivity contribution in [2.45, 2.75) is 31.7 Å². The van der Waals surface area contributed by atoms with E-state index in [4.69, 9.17) is 5.73 Å². The van der Waals surface area contributed by atoms with Crippen LogP contribution in [0.15, 0.2) is 30.3 Å². The molecular formula is C15H25ClN2O3S. The van der Waals surface area contributed by atoms with Crippen LogP contribution in [0.4, 0.5) is 0 Å². The average molecular weight is 349 g/mol. The molecule has 1 amide bonds. The second-order valence-electron chi connectivity index (χ2n) is 5.29. The van der Waals surface area contributed by atoms with Crippen molar-refractivity contribution in [2.24, 2.45) is 5.73 Å². The van der Waals surface area contributed by atoms with Gasteiger partial charge in [-0.2, -0.15) is 0 Å². The number of hydrogen-bond acceptors (Lipinski definition) is 4. The number of halogens is 1. The van der Waals surface area contributed by atoms with Gasteiger partial charge in [0.15, 0.2) is 0 Å². The van der Waals surface area contributed by atoms with Gasteiger partial charge in [0.2, 0.25) is 5.91 Å². The summed E-state index contributed by atoms with van der Waals surface area (Å²) in [6.45, 7) is 2.57. The first-order valence-electron chi connectivity index (χ1n) is 7.09. The first-order chi connectivity index (χ1) is 9.83. The highest BCUT2D eigenvalue weighted by Gasteiger charge is 2.17. The van der Waals surface area contributed by atoms with Crippen LogP contribution >= 0.6 is 12.4 Å². The van der Waals surface area contributed by atoms with Crippen molar-refractivity contribution in [3.63, 3.8) is 0 Å². The fourth-order valence-electron chi connectivity index (χ4n) is 2.05. The molecule has 0 aliphatic rings. The molecular weight excluding hydrogens is 324 g/mol. The van der Waals surface area contributed by atoms with E-state index in [0.29, 0.717) is 6.54 Å². The van der Waals surface area contributed by atoms with Crippen LogP contribution in [-0.2, 0) is 14.6 Å². The second-order valence-corrected chi connectivity index (χ2v) is 7.55. The molecule has 3 N–H and O–H groups in total. The molecule has 1 rings (SSSR count). The minimum Gasteiger partial charge on any atom is -0.354 e. The first-order valence-corrected chi connectivity index (χ1v) is 9.15. The molecule has 2 atom stereocenters. The lowest BCUT2D eigenvalue weighted by molar-refractivity contribution is -0.122. The lowest BCUT2D eigenvalue weighted by Crippen LogP contribution is -2.43. The van der Waals surface area contributed by atoms with Gasteiger partial charge < -0.3 is 11.1 Å². The second kappa shape index (κ2) is 9.82. The number of carbonyl (C=O) groups excluding carboxylic acids is 1. The zero-order valence-electron chi connectivity index (χ0n) is 13.0. The van der Waals surface area contributed by atoms with Crippen molar-refractivity contribution >= 4 is 28.2 Å². The average Bonchev–Trinajstić information content (AvgIpc) is 2.45. The Morgan fingerprint density at radius 1 is 1.27 bits per heavy atom. The molecule has 0 aliphatic heterocycles. The van der Waals surface area contributed by atoms with E-state index in [-0.39, 0.29) is 36.4 Å². The van der Waals surface area contributed by atoms with Gasteiger partial charge in [-0.05, 0) is 18.4 Å². The molecule has 0 bridgehead atoms. The van der Waals surface area contributed by atoms with Crippen molar-refractivity contribution in [2.75, 3.05) is 18.6 Å². The minimum absolute atomic E-state index is 0. The molecule has 7 heteroatoms. The summed E-state index contributed by atoms with van der Waals surface area (Å²) in [6.07, 6.45) is 2.19. The third kappa shape index (κ3) is 7.77. The number of benzene rings is 1. The van der Waals surface area contributed by atoms with Crippen LogP contribution in [0.5, 0.6) is 0 Å². The number of nitrogens with one attached hydrogen (secondary N) is 1. The zero-order valence-corrected chi connectivity index (χ0v) is 14.6. The first kappa shape index (κ1) is 20.9. The SMILES string of the molecule is CCC(CNC(=O)C(N)CCS(C)(=O)=O)c1ccccc1.Cl. The van der Waals surface area contributed by atoms with Crippen molar-refractivity contribution in [3.05, 3.63) is 35.9 Å². The Morgan fingerprint density at radius 2 is 1.86 bits per heavy atom. The van der Waals surface area contributed by atoms with E-state index in [1.807, 2.05) is 30.3 Å². The van der Waals surface area contributed by atoms with Crippen LogP contribution in [0.3, 0.4) is 0 Å². The Bertz CT molecular complexity index is 549. The molecule has 0 spiro atoms. The van der Waals surface area contributed by atoms with Crippen LogP contribution < -0.4 is 11.1 Å². The number of nitrogens with two attached hydrogens (primary N) is 1. The van der Waals surface area contributed by atoms with Gasteiger partial charge in [-0.15, -0.1) is 12.4 Å². The van der Waals surface area contributed by atoms with Crippen molar-refractivity contribution < 1.29 is 13.2 Å². The number of carbonyl (C=O) groups is 1. The maximum absolute atomic E-state index is 11.9. The topological polar surface area (TPSA) is 89.3 Å².